The Morgan fingerprint density at radius 1 is 1.32 bits per heavy atom. The highest BCUT2D eigenvalue weighted by Gasteiger charge is 2.12. The summed E-state index contributed by atoms with van der Waals surface area (Å²) < 4.78 is 15.0. The molecule has 0 unspecified atom stereocenters. The number of carboxylic acids is 1. The number of carbonyl (C=O) groups is 1. The standard InChI is InChI=1S/C14H10FNO2S/c15-11-1-2-12-9(7-11)3-5-16(12)8-10-4-6-19-13(10)14(17)18/h1-7H,8H2,(H,17,18). The van der Waals surface area contributed by atoms with E-state index in [4.69, 9.17) is 5.11 Å². The molecule has 3 nitrogen and oxygen atoms in total. The predicted octanol–water partition coefficient (Wildman–Crippen LogP) is 3.59. The molecular formula is C14H10FNO2S. The highest BCUT2D eigenvalue weighted by atomic mass is 32.1. The van der Waals surface area contributed by atoms with Gasteiger partial charge in [-0.1, -0.05) is 0 Å². The normalized spacial score (nSPS) is 11.0. The molecule has 1 aromatic carbocycles. The Balaban J connectivity index is 2.01. The van der Waals surface area contributed by atoms with E-state index in [2.05, 4.69) is 0 Å². The zero-order valence-electron chi connectivity index (χ0n) is 9.84. The Bertz CT molecular complexity index is 760. The van der Waals surface area contributed by atoms with Crippen molar-refractivity contribution in [3.63, 3.8) is 0 Å². The Morgan fingerprint density at radius 2 is 2.16 bits per heavy atom. The molecular weight excluding hydrogens is 265 g/mol. The molecule has 0 aliphatic rings. The van der Waals surface area contributed by atoms with Crippen LogP contribution < -0.4 is 0 Å². The number of aromatic nitrogens is 1. The van der Waals surface area contributed by atoms with E-state index in [-0.39, 0.29) is 5.82 Å². The van der Waals surface area contributed by atoms with E-state index in [1.807, 2.05) is 22.9 Å². The minimum Gasteiger partial charge on any atom is -0.477 e. The molecule has 3 rings (SSSR count). The molecule has 0 spiro atoms. The summed E-state index contributed by atoms with van der Waals surface area (Å²) in [4.78, 5) is 11.4. The second-order valence-corrected chi connectivity index (χ2v) is 5.14. The van der Waals surface area contributed by atoms with Gasteiger partial charge in [0, 0.05) is 23.6 Å². The molecule has 0 aliphatic heterocycles. The molecule has 2 aromatic heterocycles. The Morgan fingerprint density at radius 3 is 2.95 bits per heavy atom. The fraction of sp³-hybridized carbons (Fsp3) is 0.0714. The second-order valence-electron chi connectivity index (χ2n) is 4.23. The van der Waals surface area contributed by atoms with Crippen molar-refractivity contribution in [1.29, 1.82) is 0 Å². The lowest BCUT2D eigenvalue weighted by Crippen LogP contribution is -2.03. The summed E-state index contributed by atoms with van der Waals surface area (Å²) in [6.07, 6.45) is 1.84. The maximum absolute atomic E-state index is 13.1. The van der Waals surface area contributed by atoms with Crippen LogP contribution >= 0.6 is 11.3 Å². The average molecular weight is 275 g/mol. The molecule has 96 valence electrons. The van der Waals surface area contributed by atoms with E-state index in [9.17, 15) is 9.18 Å². The first-order valence-electron chi connectivity index (χ1n) is 5.69. The average Bonchev–Trinajstić information content (AvgIpc) is 2.97. The summed E-state index contributed by atoms with van der Waals surface area (Å²) in [7, 11) is 0. The fourth-order valence-corrected chi connectivity index (χ4v) is 2.89. The molecule has 1 N–H and O–H groups in total. The van der Waals surface area contributed by atoms with E-state index in [0.29, 0.717) is 11.4 Å². The van der Waals surface area contributed by atoms with Gasteiger partial charge in [-0.05, 0) is 41.3 Å². The predicted molar refractivity (Wildman–Crippen MR) is 72.3 cm³/mol. The van der Waals surface area contributed by atoms with Gasteiger partial charge >= 0.3 is 5.97 Å². The molecule has 0 saturated carbocycles. The van der Waals surface area contributed by atoms with Crippen LogP contribution in [0.3, 0.4) is 0 Å². The van der Waals surface area contributed by atoms with Crippen molar-refractivity contribution < 1.29 is 14.3 Å². The fourth-order valence-electron chi connectivity index (χ4n) is 2.14. The monoisotopic (exact) mass is 275 g/mol. The lowest BCUT2D eigenvalue weighted by atomic mass is 10.2. The Hall–Kier alpha value is -2.14. The Kier molecular flexibility index (Phi) is 2.83. The number of fused-ring (bicyclic) bond motifs is 1. The number of benzene rings is 1. The zero-order chi connectivity index (χ0) is 13.4. The van der Waals surface area contributed by atoms with Gasteiger partial charge in [0.25, 0.3) is 0 Å². The SMILES string of the molecule is O=C(O)c1sccc1Cn1ccc2cc(F)ccc21. The van der Waals surface area contributed by atoms with Gasteiger partial charge in [0.05, 0.1) is 0 Å². The quantitative estimate of drug-likeness (QED) is 0.793. The number of aromatic carboxylic acids is 1. The molecule has 2 heterocycles. The van der Waals surface area contributed by atoms with E-state index in [0.717, 1.165) is 16.5 Å². The molecule has 0 bridgehead atoms. The lowest BCUT2D eigenvalue weighted by Gasteiger charge is -2.05. The molecule has 3 aromatic rings. The van der Waals surface area contributed by atoms with Crippen molar-refractivity contribution in [2.75, 3.05) is 0 Å². The van der Waals surface area contributed by atoms with E-state index < -0.39 is 5.97 Å². The van der Waals surface area contributed by atoms with Gasteiger partial charge in [0.15, 0.2) is 0 Å². The largest absolute Gasteiger partial charge is 0.477 e. The molecule has 0 radical (unpaired) electrons. The number of hydrogen-bond acceptors (Lipinski definition) is 2. The summed E-state index contributed by atoms with van der Waals surface area (Å²) in [6, 6.07) is 8.22. The summed E-state index contributed by atoms with van der Waals surface area (Å²) in [5, 5.41) is 11.7. The summed E-state index contributed by atoms with van der Waals surface area (Å²) >= 11 is 1.21. The van der Waals surface area contributed by atoms with Crippen LogP contribution in [-0.4, -0.2) is 15.6 Å². The van der Waals surface area contributed by atoms with Gasteiger partial charge in [-0.25, -0.2) is 9.18 Å². The van der Waals surface area contributed by atoms with Crippen LogP contribution in [0.4, 0.5) is 4.39 Å². The third-order valence-corrected chi connectivity index (χ3v) is 3.96. The third kappa shape index (κ3) is 2.13. The van der Waals surface area contributed by atoms with Gasteiger partial charge in [-0.3, -0.25) is 0 Å². The molecule has 19 heavy (non-hydrogen) atoms. The highest BCUT2D eigenvalue weighted by Crippen LogP contribution is 2.22. The van der Waals surface area contributed by atoms with Crippen LogP contribution in [0.2, 0.25) is 0 Å². The van der Waals surface area contributed by atoms with Gasteiger partial charge in [0.2, 0.25) is 0 Å². The van der Waals surface area contributed by atoms with Crippen molar-refractivity contribution in [3.05, 3.63) is 58.2 Å². The number of carboxylic acid groups (broad SMARTS) is 1. The van der Waals surface area contributed by atoms with E-state index in [1.165, 1.54) is 23.5 Å². The highest BCUT2D eigenvalue weighted by molar-refractivity contribution is 7.12. The molecule has 0 aliphatic carbocycles. The molecule has 0 fully saturated rings. The van der Waals surface area contributed by atoms with Crippen molar-refractivity contribution in [1.82, 2.24) is 4.57 Å². The van der Waals surface area contributed by atoms with Crippen LogP contribution in [-0.2, 0) is 6.54 Å². The third-order valence-electron chi connectivity index (χ3n) is 3.01. The second kappa shape index (κ2) is 4.51. The minimum absolute atomic E-state index is 0.271. The molecule has 0 atom stereocenters. The number of hydrogen-bond donors (Lipinski definition) is 1. The van der Waals surface area contributed by atoms with E-state index >= 15 is 0 Å². The maximum atomic E-state index is 13.1. The summed E-state index contributed by atoms with van der Waals surface area (Å²) in [6.45, 7) is 0.472. The number of halogens is 1. The van der Waals surface area contributed by atoms with Crippen LogP contribution in [0.15, 0.2) is 41.9 Å². The van der Waals surface area contributed by atoms with Crippen molar-refractivity contribution in [2.24, 2.45) is 0 Å². The zero-order valence-corrected chi connectivity index (χ0v) is 10.7. The van der Waals surface area contributed by atoms with Crippen LogP contribution in [0.25, 0.3) is 10.9 Å². The molecule has 5 heteroatoms. The lowest BCUT2D eigenvalue weighted by molar-refractivity contribution is 0.0701. The first-order chi connectivity index (χ1) is 9.15. The summed E-state index contributed by atoms with van der Waals surface area (Å²) in [5.74, 6) is -1.18. The number of rotatable bonds is 3. The summed E-state index contributed by atoms with van der Waals surface area (Å²) in [5.41, 5.74) is 1.66. The van der Waals surface area contributed by atoms with Gasteiger partial charge in [0.1, 0.15) is 10.7 Å². The first kappa shape index (κ1) is 11.9. The first-order valence-corrected chi connectivity index (χ1v) is 6.57. The molecule has 0 amide bonds. The van der Waals surface area contributed by atoms with Crippen molar-refractivity contribution >= 4 is 28.2 Å². The van der Waals surface area contributed by atoms with Crippen molar-refractivity contribution in [2.45, 2.75) is 6.54 Å². The van der Waals surface area contributed by atoms with Gasteiger partial charge < -0.3 is 9.67 Å². The van der Waals surface area contributed by atoms with Crippen LogP contribution in [0.5, 0.6) is 0 Å². The maximum Gasteiger partial charge on any atom is 0.346 e. The van der Waals surface area contributed by atoms with Crippen LogP contribution in [0.1, 0.15) is 15.2 Å². The molecule has 0 saturated heterocycles. The Labute approximate surface area is 112 Å². The van der Waals surface area contributed by atoms with Gasteiger partial charge in [-0.2, -0.15) is 0 Å². The smallest absolute Gasteiger partial charge is 0.346 e. The van der Waals surface area contributed by atoms with Crippen molar-refractivity contribution in [3.8, 4) is 0 Å². The van der Waals surface area contributed by atoms with Crippen LogP contribution in [0, 0.1) is 5.82 Å². The van der Waals surface area contributed by atoms with Gasteiger partial charge in [-0.15, -0.1) is 11.3 Å². The minimum atomic E-state index is -0.910. The number of nitrogens with zero attached hydrogens (tertiary/aromatic N) is 1. The van der Waals surface area contributed by atoms with E-state index in [1.54, 1.807) is 11.4 Å². The number of thiophene rings is 1. The topological polar surface area (TPSA) is 42.2 Å².